The maximum atomic E-state index is 12.8. The van der Waals surface area contributed by atoms with E-state index in [0.717, 1.165) is 12.1 Å². The summed E-state index contributed by atoms with van der Waals surface area (Å²) >= 11 is 5.54. The molecule has 10 heteroatoms. The van der Waals surface area contributed by atoms with Crippen LogP contribution in [0.4, 0.5) is 29.3 Å². The summed E-state index contributed by atoms with van der Waals surface area (Å²) in [6.45, 7) is 3.27. The zero-order valence-electron chi connectivity index (χ0n) is 13.5. The summed E-state index contributed by atoms with van der Waals surface area (Å²) in [6, 6.07) is 2.49. The first kappa shape index (κ1) is 18.8. The quantitative estimate of drug-likeness (QED) is 0.834. The number of alkyl halides is 3. The summed E-state index contributed by atoms with van der Waals surface area (Å²) in [5.41, 5.74) is 0.146. The van der Waals surface area contributed by atoms with Crippen LogP contribution in [-0.2, 0) is 6.18 Å². The van der Waals surface area contributed by atoms with Gasteiger partial charge in [-0.05, 0) is 32.0 Å². The fourth-order valence-electron chi connectivity index (χ4n) is 2.05. The highest BCUT2D eigenvalue weighted by molar-refractivity contribution is 6.31. The van der Waals surface area contributed by atoms with E-state index in [1.54, 1.807) is 13.8 Å². The van der Waals surface area contributed by atoms with E-state index in [2.05, 4.69) is 20.6 Å². The number of anilines is 2. The molecular formula is C15H14ClF3N4O2. The van der Waals surface area contributed by atoms with E-state index in [0.29, 0.717) is 17.1 Å². The minimum absolute atomic E-state index is 0.0565. The summed E-state index contributed by atoms with van der Waals surface area (Å²) in [6.07, 6.45) is -4.62. The predicted octanol–water partition coefficient (Wildman–Crippen LogP) is 4.42. The average molecular weight is 375 g/mol. The molecule has 0 fully saturated rings. The van der Waals surface area contributed by atoms with Crippen molar-refractivity contribution in [2.75, 3.05) is 17.7 Å². The zero-order chi connectivity index (χ0) is 18.8. The van der Waals surface area contributed by atoms with E-state index in [1.807, 2.05) is 0 Å². The minimum Gasteiger partial charge on any atom is -0.467 e. The third-order valence-corrected chi connectivity index (χ3v) is 3.53. The number of amides is 2. The van der Waals surface area contributed by atoms with Crippen molar-refractivity contribution in [3.05, 3.63) is 40.2 Å². The lowest BCUT2D eigenvalue weighted by Crippen LogP contribution is -2.21. The number of carbonyl (C=O) groups excluding carboxylic acids is 1. The summed E-state index contributed by atoms with van der Waals surface area (Å²) in [5.74, 6) is 0. The largest absolute Gasteiger partial charge is 0.467 e. The van der Waals surface area contributed by atoms with E-state index < -0.39 is 22.8 Å². The van der Waals surface area contributed by atoms with Gasteiger partial charge in [0.05, 0.1) is 34.8 Å². The number of hydrogen-bond donors (Lipinski definition) is 2. The van der Waals surface area contributed by atoms with Gasteiger partial charge in [-0.25, -0.2) is 4.79 Å². The normalized spacial score (nSPS) is 11.2. The Morgan fingerprint density at radius 2 is 1.76 bits per heavy atom. The van der Waals surface area contributed by atoms with Crippen molar-refractivity contribution in [1.82, 2.24) is 9.97 Å². The Labute approximate surface area is 146 Å². The van der Waals surface area contributed by atoms with Gasteiger partial charge in [-0.2, -0.15) is 23.1 Å². The Morgan fingerprint density at radius 3 is 2.28 bits per heavy atom. The minimum atomic E-state index is -4.62. The number of ether oxygens (including phenoxy) is 1. The molecule has 1 aromatic heterocycles. The highest BCUT2D eigenvalue weighted by Crippen LogP contribution is 2.36. The first-order valence-corrected chi connectivity index (χ1v) is 7.33. The molecule has 0 unspecified atom stereocenters. The van der Waals surface area contributed by atoms with E-state index >= 15 is 0 Å². The van der Waals surface area contributed by atoms with Gasteiger partial charge in [-0.1, -0.05) is 11.6 Å². The molecule has 0 aliphatic heterocycles. The molecule has 1 heterocycles. The second-order valence-corrected chi connectivity index (χ2v) is 5.43. The van der Waals surface area contributed by atoms with E-state index in [4.69, 9.17) is 16.3 Å². The molecule has 0 bridgehead atoms. The zero-order valence-corrected chi connectivity index (χ0v) is 14.2. The van der Waals surface area contributed by atoms with Crippen molar-refractivity contribution in [1.29, 1.82) is 0 Å². The molecule has 0 atom stereocenters. The van der Waals surface area contributed by atoms with E-state index in [1.165, 1.54) is 13.2 Å². The number of rotatable bonds is 3. The van der Waals surface area contributed by atoms with Gasteiger partial charge in [0, 0.05) is 5.69 Å². The number of benzene rings is 1. The molecule has 1 aromatic carbocycles. The molecule has 0 saturated heterocycles. The third-order valence-electron chi connectivity index (χ3n) is 3.20. The predicted molar refractivity (Wildman–Crippen MR) is 87.2 cm³/mol. The summed E-state index contributed by atoms with van der Waals surface area (Å²) in [7, 11) is 1.41. The van der Waals surface area contributed by atoms with Gasteiger partial charge in [-0.3, -0.25) is 0 Å². The molecule has 0 aliphatic rings. The number of nitrogens with zero attached hydrogens (tertiary/aromatic N) is 2. The van der Waals surface area contributed by atoms with Crippen LogP contribution >= 0.6 is 11.6 Å². The molecule has 2 N–H and O–H groups in total. The van der Waals surface area contributed by atoms with Gasteiger partial charge in [0.25, 0.3) is 0 Å². The fourth-order valence-corrected chi connectivity index (χ4v) is 2.28. The third kappa shape index (κ3) is 4.50. The van der Waals surface area contributed by atoms with Gasteiger partial charge in [-0.15, -0.1) is 0 Å². The van der Waals surface area contributed by atoms with Gasteiger partial charge in [0.15, 0.2) is 0 Å². The summed E-state index contributed by atoms with van der Waals surface area (Å²) < 4.78 is 43.5. The monoisotopic (exact) mass is 374 g/mol. The van der Waals surface area contributed by atoms with Crippen molar-refractivity contribution in [3.8, 4) is 6.01 Å². The summed E-state index contributed by atoms with van der Waals surface area (Å²) in [4.78, 5) is 20.1. The number of aromatic nitrogens is 2. The first-order valence-electron chi connectivity index (χ1n) is 6.95. The Kier molecular flexibility index (Phi) is 5.36. The molecule has 0 aliphatic carbocycles. The van der Waals surface area contributed by atoms with Crippen LogP contribution in [0.5, 0.6) is 6.01 Å². The van der Waals surface area contributed by atoms with Crippen LogP contribution in [-0.4, -0.2) is 23.1 Å². The molecule has 25 heavy (non-hydrogen) atoms. The molecule has 134 valence electrons. The number of methoxy groups -OCH3 is 1. The molecule has 0 spiro atoms. The smallest absolute Gasteiger partial charge is 0.417 e. The molecule has 0 saturated carbocycles. The van der Waals surface area contributed by atoms with Crippen molar-refractivity contribution in [2.45, 2.75) is 20.0 Å². The summed E-state index contributed by atoms with van der Waals surface area (Å²) in [5, 5.41) is 4.37. The van der Waals surface area contributed by atoms with Crippen LogP contribution in [0.1, 0.15) is 17.0 Å². The molecule has 2 aromatic rings. The molecular weight excluding hydrogens is 361 g/mol. The van der Waals surface area contributed by atoms with Crippen LogP contribution in [0.15, 0.2) is 18.2 Å². The van der Waals surface area contributed by atoms with Crippen LogP contribution in [0.3, 0.4) is 0 Å². The van der Waals surface area contributed by atoms with E-state index in [-0.39, 0.29) is 11.7 Å². The van der Waals surface area contributed by atoms with Gasteiger partial charge < -0.3 is 15.4 Å². The number of carbonyl (C=O) groups is 1. The second-order valence-electron chi connectivity index (χ2n) is 5.03. The second kappa shape index (κ2) is 7.14. The Balaban J connectivity index is 2.19. The lowest BCUT2D eigenvalue weighted by Gasteiger charge is -2.14. The number of nitrogens with one attached hydrogen (secondary N) is 2. The van der Waals surface area contributed by atoms with Crippen LogP contribution in [0, 0.1) is 13.8 Å². The number of urea groups is 1. The highest BCUT2D eigenvalue weighted by atomic mass is 35.5. The molecule has 6 nitrogen and oxygen atoms in total. The average Bonchev–Trinajstić information content (AvgIpc) is 2.51. The SMILES string of the molecule is COc1nc(C)c(NC(=O)Nc2ccc(Cl)c(C(F)(F)F)c2)c(C)n1. The van der Waals surface area contributed by atoms with Crippen molar-refractivity contribution >= 4 is 29.0 Å². The van der Waals surface area contributed by atoms with Gasteiger partial charge in [0.1, 0.15) is 0 Å². The number of hydrogen-bond acceptors (Lipinski definition) is 4. The van der Waals surface area contributed by atoms with Gasteiger partial charge >= 0.3 is 18.2 Å². The van der Waals surface area contributed by atoms with Crippen LogP contribution in [0.25, 0.3) is 0 Å². The molecule has 2 amide bonds. The van der Waals surface area contributed by atoms with Crippen molar-refractivity contribution in [2.24, 2.45) is 0 Å². The number of aryl methyl sites for hydroxylation is 2. The lowest BCUT2D eigenvalue weighted by atomic mass is 10.2. The van der Waals surface area contributed by atoms with Gasteiger partial charge in [0.2, 0.25) is 0 Å². The highest BCUT2D eigenvalue weighted by Gasteiger charge is 2.33. The van der Waals surface area contributed by atoms with Crippen LogP contribution in [0.2, 0.25) is 5.02 Å². The fraction of sp³-hybridized carbons (Fsp3) is 0.267. The van der Waals surface area contributed by atoms with Crippen molar-refractivity contribution in [3.63, 3.8) is 0 Å². The maximum Gasteiger partial charge on any atom is 0.417 e. The molecule has 2 rings (SSSR count). The topological polar surface area (TPSA) is 76.1 Å². The number of halogens is 4. The standard InChI is InChI=1S/C15H14ClF3N4O2/c1-7-12(8(2)21-14(20-7)25-3)23-13(24)22-9-4-5-11(16)10(6-9)15(17,18)19/h4-6H,1-3H3,(H2,22,23,24). The Morgan fingerprint density at radius 1 is 1.16 bits per heavy atom. The molecule has 0 radical (unpaired) electrons. The first-order chi connectivity index (χ1) is 11.6. The van der Waals surface area contributed by atoms with Crippen molar-refractivity contribution < 1.29 is 22.7 Å². The Bertz CT molecular complexity index is 789. The van der Waals surface area contributed by atoms with Crippen LogP contribution < -0.4 is 15.4 Å². The Hall–Kier alpha value is -2.55. The maximum absolute atomic E-state index is 12.8. The lowest BCUT2D eigenvalue weighted by molar-refractivity contribution is -0.137. The van der Waals surface area contributed by atoms with E-state index in [9.17, 15) is 18.0 Å².